The van der Waals surface area contributed by atoms with Gasteiger partial charge >= 0.3 is 0 Å². The van der Waals surface area contributed by atoms with Crippen LogP contribution in [0.25, 0.3) is 10.9 Å². The molecular weight excluding hydrogens is 326 g/mol. The van der Waals surface area contributed by atoms with Gasteiger partial charge in [0.2, 0.25) is 5.91 Å². The summed E-state index contributed by atoms with van der Waals surface area (Å²) in [5.74, 6) is -0.0237. The topological polar surface area (TPSA) is 71.3 Å². The average Bonchev–Trinajstić information content (AvgIpc) is 2.98. The number of para-hydroxylation sites is 1. The van der Waals surface area contributed by atoms with Crippen LogP contribution in [-0.4, -0.2) is 48.1 Å². The Morgan fingerprint density at radius 3 is 2.96 bits per heavy atom. The molecule has 0 radical (unpaired) electrons. The van der Waals surface area contributed by atoms with E-state index < -0.39 is 6.04 Å². The van der Waals surface area contributed by atoms with E-state index >= 15 is 0 Å². The van der Waals surface area contributed by atoms with Crippen LogP contribution in [0.1, 0.15) is 24.8 Å². The van der Waals surface area contributed by atoms with Crippen molar-refractivity contribution in [1.82, 2.24) is 9.88 Å². The molecule has 1 aliphatic rings. The van der Waals surface area contributed by atoms with Crippen molar-refractivity contribution in [2.45, 2.75) is 37.8 Å². The number of nitrogens with one attached hydrogen (secondary N) is 1. The van der Waals surface area contributed by atoms with Crippen LogP contribution in [0.15, 0.2) is 30.5 Å². The molecule has 3 N–H and O–H groups in total. The van der Waals surface area contributed by atoms with Gasteiger partial charge in [0.15, 0.2) is 0 Å². The number of halogens is 1. The van der Waals surface area contributed by atoms with E-state index in [1.165, 1.54) is 6.42 Å². The molecule has 0 bridgehead atoms. The SMILES string of the molecule is CN(CC1CCCCO1)C(=O)[C@@H](N)Cc1c[nH]c2ccccc12.Cl. The standard InChI is InChI=1S/C18H25N3O2.ClH/c1-21(12-14-6-4-5-9-23-14)18(22)16(19)10-13-11-20-17-8-3-2-7-15(13)17;/h2-3,7-8,11,14,16,20H,4-6,9-10,12,19H2,1H3;1H/t14?,16-;/m0./s1. The molecule has 1 fully saturated rings. The highest BCUT2D eigenvalue weighted by atomic mass is 35.5. The van der Waals surface area contributed by atoms with Crippen LogP contribution in [0, 0.1) is 0 Å². The summed E-state index contributed by atoms with van der Waals surface area (Å²) in [6, 6.07) is 7.55. The van der Waals surface area contributed by atoms with Gasteiger partial charge in [-0.1, -0.05) is 18.2 Å². The van der Waals surface area contributed by atoms with E-state index in [-0.39, 0.29) is 24.4 Å². The fourth-order valence-electron chi connectivity index (χ4n) is 3.25. The van der Waals surface area contributed by atoms with Crippen molar-refractivity contribution in [2.75, 3.05) is 20.2 Å². The van der Waals surface area contributed by atoms with E-state index in [2.05, 4.69) is 11.1 Å². The highest BCUT2D eigenvalue weighted by molar-refractivity contribution is 5.86. The van der Waals surface area contributed by atoms with E-state index in [9.17, 15) is 4.79 Å². The molecule has 5 nitrogen and oxygen atoms in total. The van der Waals surface area contributed by atoms with Gasteiger partial charge in [0.25, 0.3) is 0 Å². The predicted octanol–water partition coefficient (Wildman–Crippen LogP) is 2.49. The minimum Gasteiger partial charge on any atom is -0.376 e. The Kier molecular flexibility index (Phi) is 6.66. The monoisotopic (exact) mass is 351 g/mol. The van der Waals surface area contributed by atoms with Crippen molar-refractivity contribution in [1.29, 1.82) is 0 Å². The number of likely N-dealkylation sites (N-methyl/N-ethyl adjacent to an activating group) is 1. The molecule has 1 amide bonds. The number of amides is 1. The molecule has 1 saturated heterocycles. The summed E-state index contributed by atoms with van der Waals surface area (Å²) >= 11 is 0. The maximum atomic E-state index is 12.5. The lowest BCUT2D eigenvalue weighted by atomic mass is 10.0. The van der Waals surface area contributed by atoms with Crippen molar-refractivity contribution >= 4 is 29.2 Å². The van der Waals surface area contributed by atoms with Crippen molar-refractivity contribution in [3.8, 4) is 0 Å². The molecule has 24 heavy (non-hydrogen) atoms. The first-order chi connectivity index (χ1) is 11.1. The first-order valence-corrected chi connectivity index (χ1v) is 8.32. The normalized spacial score (nSPS) is 18.8. The number of hydrogen-bond donors (Lipinski definition) is 2. The van der Waals surface area contributed by atoms with Crippen LogP contribution in [0.3, 0.4) is 0 Å². The summed E-state index contributed by atoms with van der Waals surface area (Å²) in [6.07, 6.45) is 5.95. The lowest BCUT2D eigenvalue weighted by Crippen LogP contribution is -2.46. The number of nitrogens with zero attached hydrogens (tertiary/aromatic N) is 1. The Hall–Kier alpha value is -1.56. The zero-order chi connectivity index (χ0) is 16.2. The Balaban J connectivity index is 0.00000208. The molecule has 1 aromatic carbocycles. The van der Waals surface area contributed by atoms with Gasteiger partial charge in [-0.3, -0.25) is 4.79 Å². The molecule has 0 saturated carbocycles. The van der Waals surface area contributed by atoms with Gasteiger partial charge in [0.05, 0.1) is 12.1 Å². The Morgan fingerprint density at radius 2 is 2.21 bits per heavy atom. The average molecular weight is 352 g/mol. The molecule has 0 aliphatic carbocycles. The van der Waals surface area contributed by atoms with Crippen molar-refractivity contribution in [3.05, 3.63) is 36.0 Å². The van der Waals surface area contributed by atoms with E-state index in [4.69, 9.17) is 10.5 Å². The fourth-order valence-corrected chi connectivity index (χ4v) is 3.25. The second kappa shape index (κ2) is 8.51. The minimum atomic E-state index is -0.525. The molecule has 6 heteroatoms. The van der Waals surface area contributed by atoms with Crippen molar-refractivity contribution in [2.24, 2.45) is 5.73 Å². The number of aromatic nitrogens is 1. The van der Waals surface area contributed by atoms with Crippen LogP contribution in [0.5, 0.6) is 0 Å². The van der Waals surface area contributed by atoms with Gasteiger partial charge in [-0.05, 0) is 37.3 Å². The molecule has 1 unspecified atom stereocenters. The lowest BCUT2D eigenvalue weighted by Gasteiger charge is -2.28. The van der Waals surface area contributed by atoms with E-state index in [1.807, 2.05) is 31.4 Å². The Morgan fingerprint density at radius 1 is 1.42 bits per heavy atom. The molecule has 3 rings (SSSR count). The number of carbonyl (C=O) groups is 1. The number of fused-ring (bicyclic) bond motifs is 1. The van der Waals surface area contributed by atoms with Crippen LogP contribution in [0.4, 0.5) is 0 Å². The highest BCUT2D eigenvalue weighted by Crippen LogP contribution is 2.19. The Bertz CT molecular complexity index is 667. The minimum absolute atomic E-state index is 0. The number of benzene rings is 1. The van der Waals surface area contributed by atoms with Crippen molar-refractivity contribution in [3.63, 3.8) is 0 Å². The number of ether oxygens (including phenoxy) is 1. The number of hydrogen-bond acceptors (Lipinski definition) is 3. The third kappa shape index (κ3) is 4.29. The van der Waals surface area contributed by atoms with Gasteiger partial charge < -0.3 is 20.4 Å². The van der Waals surface area contributed by atoms with Gasteiger partial charge in [-0.25, -0.2) is 0 Å². The molecule has 132 valence electrons. The molecule has 1 aliphatic heterocycles. The molecule has 1 aromatic heterocycles. The molecular formula is C18H26ClN3O2. The summed E-state index contributed by atoms with van der Waals surface area (Å²) < 4.78 is 5.70. The zero-order valence-electron chi connectivity index (χ0n) is 14.0. The van der Waals surface area contributed by atoms with E-state index in [0.717, 1.165) is 35.9 Å². The number of carbonyl (C=O) groups excluding carboxylic acids is 1. The molecule has 0 spiro atoms. The second-order valence-corrected chi connectivity index (χ2v) is 6.38. The smallest absolute Gasteiger partial charge is 0.239 e. The molecule has 2 heterocycles. The van der Waals surface area contributed by atoms with Gasteiger partial charge in [-0.15, -0.1) is 12.4 Å². The predicted molar refractivity (Wildman–Crippen MR) is 98.5 cm³/mol. The van der Waals surface area contributed by atoms with Crippen LogP contribution >= 0.6 is 12.4 Å². The second-order valence-electron chi connectivity index (χ2n) is 6.38. The summed E-state index contributed by atoms with van der Waals surface area (Å²) in [6.45, 7) is 1.43. The maximum absolute atomic E-state index is 12.5. The highest BCUT2D eigenvalue weighted by Gasteiger charge is 2.23. The van der Waals surface area contributed by atoms with Crippen molar-refractivity contribution < 1.29 is 9.53 Å². The summed E-state index contributed by atoms with van der Waals surface area (Å²) in [4.78, 5) is 17.5. The maximum Gasteiger partial charge on any atom is 0.239 e. The third-order valence-corrected chi connectivity index (χ3v) is 4.56. The lowest BCUT2D eigenvalue weighted by molar-refractivity contribution is -0.133. The summed E-state index contributed by atoms with van der Waals surface area (Å²) in [5.41, 5.74) is 8.32. The molecule has 2 aromatic rings. The van der Waals surface area contributed by atoms with Crippen LogP contribution < -0.4 is 5.73 Å². The van der Waals surface area contributed by atoms with Gasteiger partial charge in [0.1, 0.15) is 0 Å². The van der Waals surface area contributed by atoms with Crippen LogP contribution in [-0.2, 0) is 16.0 Å². The van der Waals surface area contributed by atoms with E-state index in [1.54, 1.807) is 4.90 Å². The summed E-state index contributed by atoms with van der Waals surface area (Å²) in [5, 5.41) is 1.13. The van der Waals surface area contributed by atoms with Crippen LogP contribution in [0.2, 0.25) is 0 Å². The Labute approximate surface area is 148 Å². The van der Waals surface area contributed by atoms with Gasteiger partial charge in [0, 0.05) is 37.3 Å². The fraction of sp³-hybridized carbons (Fsp3) is 0.500. The molecule has 2 atom stereocenters. The first-order valence-electron chi connectivity index (χ1n) is 8.32. The number of aromatic amines is 1. The third-order valence-electron chi connectivity index (χ3n) is 4.56. The first kappa shape index (κ1) is 18.8. The zero-order valence-corrected chi connectivity index (χ0v) is 14.8. The quantitative estimate of drug-likeness (QED) is 0.869. The summed E-state index contributed by atoms with van der Waals surface area (Å²) in [7, 11) is 1.81. The number of H-pyrrole nitrogens is 1. The number of rotatable bonds is 5. The van der Waals surface area contributed by atoms with E-state index in [0.29, 0.717) is 13.0 Å². The number of nitrogens with two attached hydrogens (primary N) is 1. The van der Waals surface area contributed by atoms with Gasteiger partial charge in [-0.2, -0.15) is 0 Å². The largest absolute Gasteiger partial charge is 0.376 e.